The second-order valence-electron chi connectivity index (χ2n) is 5.18. The van der Waals surface area contributed by atoms with Crippen LogP contribution in [0.1, 0.15) is 18.2 Å². The molecular weight excluding hydrogens is 258 g/mol. The number of aryl methyl sites for hydroxylation is 1. The largest absolute Gasteiger partial charge is 0.394 e. The summed E-state index contributed by atoms with van der Waals surface area (Å²) in [6, 6.07) is 7.58. The first kappa shape index (κ1) is 13.3. The van der Waals surface area contributed by atoms with Crippen LogP contribution in [-0.4, -0.2) is 33.6 Å². The van der Waals surface area contributed by atoms with Gasteiger partial charge in [0, 0.05) is 12.6 Å². The molecule has 1 aliphatic heterocycles. The Morgan fingerprint density at radius 2 is 2.20 bits per heavy atom. The van der Waals surface area contributed by atoms with Crippen LogP contribution < -0.4 is 5.56 Å². The maximum absolute atomic E-state index is 12.6. The molecular formula is C15H17NO4. The molecule has 0 radical (unpaired) electrons. The summed E-state index contributed by atoms with van der Waals surface area (Å²) in [5.41, 5.74) is 0.787. The fourth-order valence-corrected chi connectivity index (χ4v) is 2.76. The van der Waals surface area contributed by atoms with E-state index in [2.05, 4.69) is 0 Å². The molecule has 0 bridgehead atoms. The predicted octanol–water partition coefficient (Wildman–Crippen LogP) is 0.951. The number of benzene rings is 1. The van der Waals surface area contributed by atoms with Crippen molar-refractivity contribution < 1.29 is 14.9 Å². The van der Waals surface area contributed by atoms with Crippen molar-refractivity contribution in [2.75, 3.05) is 6.61 Å². The highest BCUT2D eigenvalue weighted by atomic mass is 16.5. The predicted molar refractivity (Wildman–Crippen MR) is 74.6 cm³/mol. The number of nitrogens with zero attached hydrogens (tertiary/aromatic N) is 1. The van der Waals surface area contributed by atoms with Crippen molar-refractivity contribution in [3.63, 3.8) is 0 Å². The van der Waals surface area contributed by atoms with Gasteiger partial charge in [-0.2, -0.15) is 0 Å². The van der Waals surface area contributed by atoms with Gasteiger partial charge in [0.2, 0.25) is 0 Å². The van der Waals surface area contributed by atoms with Crippen LogP contribution >= 0.6 is 0 Å². The molecule has 5 nitrogen and oxygen atoms in total. The van der Waals surface area contributed by atoms with Gasteiger partial charge in [-0.15, -0.1) is 0 Å². The number of aliphatic hydroxyl groups is 2. The lowest BCUT2D eigenvalue weighted by atomic mass is 10.1. The van der Waals surface area contributed by atoms with Gasteiger partial charge < -0.3 is 14.9 Å². The minimum absolute atomic E-state index is 0.128. The Bertz CT molecular complexity index is 694. The average Bonchev–Trinajstić information content (AvgIpc) is 2.80. The topological polar surface area (TPSA) is 71.7 Å². The molecule has 1 aliphatic rings. The third-order valence-electron chi connectivity index (χ3n) is 3.86. The lowest BCUT2D eigenvalue weighted by Crippen LogP contribution is -2.26. The van der Waals surface area contributed by atoms with E-state index in [1.165, 1.54) is 4.57 Å². The molecule has 3 atom stereocenters. The number of fused-ring (bicyclic) bond motifs is 1. The first-order valence-corrected chi connectivity index (χ1v) is 6.66. The number of pyridine rings is 1. The highest BCUT2D eigenvalue weighted by Crippen LogP contribution is 2.28. The van der Waals surface area contributed by atoms with Crippen molar-refractivity contribution in [2.45, 2.75) is 31.8 Å². The molecule has 106 valence electrons. The fraction of sp³-hybridized carbons (Fsp3) is 0.400. The van der Waals surface area contributed by atoms with Crippen molar-refractivity contribution in [3.8, 4) is 0 Å². The zero-order valence-corrected chi connectivity index (χ0v) is 11.2. The van der Waals surface area contributed by atoms with Gasteiger partial charge in [-0.3, -0.25) is 9.36 Å². The van der Waals surface area contributed by atoms with Crippen molar-refractivity contribution in [3.05, 3.63) is 46.4 Å². The number of aromatic nitrogens is 1. The number of aliphatic hydroxyl groups excluding tert-OH is 2. The Hall–Kier alpha value is -1.69. The van der Waals surface area contributed by atoms with Gasteiger partial charge in [-0.05, 0) is 23.9 Å². The summed E-state index contributed by atoms with van der Waals surface area (Å²) in [6.07, 6.45) is 0.0895. The van der Waals surface area contributed by atoms with E-state index in [1.54, 1.807) is 6.20 Å². The van der Waals surface area contributed by atoms with E-state index >= 15 is 0 Å². The third kappa shape index (κ3) is 2.04. The minimum Gasteiger partial charge on any atom is -0.394 e. The van der Waals surface area contributed by atoms with Gasteiger partial charge in [0.15, 0.2) is 0 Å². The zero-order chi connectivity index (χ0) is 14.3. The Morgan fingerprint density at radius 3 is 2.90 bits per heavy atom. The van der Waals surface area contributed by atoms with Gasteiger partial charge in [0.1, 0.15) is 12.3 Å². The molecule has 2 aromatic rings. The molecule has 0 amide bonds. The highest BCUT2D eigenvalue weighted by Gasteiger charge is 2.34. The molecule has 1 aromatic carbocycles. The van der Waals surface area contributed by atoms with Crippen LogP contribution in [0.5, 0.6) is 0 Å². The lowest BCUT2D eigenvalue weighted by Gasteiger charge is -2.16. The standard InChI is InChI=1S/C15H17NO4/c1-9-3-2-4-10-5-6-16(15(19)14(9)10)13-7-11(18)12(8-17)20-13/h2-6,11-13,17-18H,7-8H2,1H3/t11-,12+,13+/m0/s1. The molecule has 3 rings (SSSR count). The summed E-state index contributed by atoms with van der Waals surface area (Å²) in [6.45, 7) is 1.65. The monoisotopic (exact) mass is 275 g/mol. The van der Waals surface area contributed by atoms with E-state index in [-0.39, 0.29) is 12.2 Å². The second-order valence-corrected chi connectivity index (χ2v) is 5.18. The Morgan fingerprint density at radius 1 is 1.40 bits per heavy atom. The molecule has 1 fully saturated rings. The van der Waals surface area contributed by atoms with Crippen LogP contribution in [0.25, 0.3) is 10.8 Å². The SMILES string of the molecule is Cc1cccc2ccn([C@H]3C[C@H](O)[C@@H](CO)O3)c(=O)c12. The van der Waals surface area contributed by atoms with Crippen molar-refractivity contribution >= 4 is 10.8 Å². The van der Waals surface area contributed by atoms with E-state index < -0.39 is 18.4 Å². The maximum Gasteiger partial charge on any atom is 0.260 e. The van der Waals surface area contributed by atoms with E-state index in [9.17, 15) is 9.90 Å². The van der Waals surface area contributed by atoms with Gasteiger partial charge >= 0.3 is 0 Å². The number of ether oxygens (including phenoxy) is 1. The van der Waals surface area contributed by atoms with Crippen LogP contribution in [0, 0.1) is 6.92 Å². The summed E-state index contributed by atoms with van der Waals surface area (Å²) in [4.78, 5) is 12.6. The molecule has 2 heterocycles. The zero-order valence-electron chi connectivity index (χ0n) is 11.2. The molecule has 0 spiro atoms. The van der Waals surface area contributed by atoms with Gasteiger partial charge in [-0.1, -0.05) is 18.2 Å². The Balaban J connectivity index is 2.08. The van der Waals surface area contributed by atoms with Crippen LogP contribution in [0.2, 0.25) is 0 Å². The first-order valence-electron chi connectivity index (χ1n) is 6.66. The van der Waals surface area contributed by atoms with Gasteiger partial charge in [-0.25, -0.2) is 0 Å². The number of hydrogen-bond acceptors (Lipinski definition) is 4. The molecule has 5 heteroatoms. The minimum atomic E-state index is -0.746. The normalized spacial score (nSPS) is 26.2. The lowest BCUT2D eigenvalue weighted by molar-refractivity contribution is -0.0453. The van der Waals surface area contributed by atoms with Crippen LogP contribution in [0.15, 0.2) is 35.3 Å². The maximum atomic E-state index is 12.6. The molecule has 2 N–H and O–H groups in total. The van der Waals surface area contributed by atoms with E-state index in [0.717, 1.165) is 10.9 Å². The van der Waals surface area contributed by atoms with Crippen molar-refractivity contribution in [1.29, 1.82) is 0 Å². The van der Waals surface area contributed by atoms with Gasteiger partial charge in [0.25, 0.3) is 5.56 Å². The fourth-order valence-electron chi connectivity index (χ4n) is 2.76. The average molecular weight is 275 g/mol. The Labute approximate surface area is 116 Å². The molecule has 0 saturated carbocycles. The smallest absolute Gasteiger partial charge is 0.260 e. The van der Waals surface area contributed by atoms with Crippen molar-refractivity contribution in [2.24, 2.45) is 0 Å². The molecule has 20 heavy (non-hydrogen) atoms. The van der Waals surface area contributed by atoms with E-state index in [4.69, 9.17) is 9.84 Å². The summed E-state index contributed by atoms with van der Waals surface area (Å²) in [5, 5.41) is 20.5. The summed E-state index contributed by atoms with van der Waals surface area (Å²) >= 11 is 0. The summed E-state index contributed by atoms with van der Waals surface area (Å²) in [7, 11) is 0. The highest BCUT2D eigenvalue weighted by molar-refractivity contribution is 5.84. The number of rotatable bonds is 2. The third-order valence-corrected chi connectivity index (χ3v) is 3.86. The first-order chi connectivity index (χ1) is 9.61. The Kier molecular flexibility index (Phi) is 3.33. The quantitative estimate of drug-likeness (QED) is 0.856. The van der Waals surface area contributed by atoms with E-state index in [1.807, 2.05) is 31.2 Å². The van der Waals surface area contributed by atoms with E-state index in [0.29, 0.717) is 11.8 Å². The van der Waals surface area contributed by atoms with Crippen LogP contribution in [-0.2, 0) is 4.74 Å². The van der Waals surface area contributed by atoms with Crippen LogP contribution in [0.3, 0.4) is 0 Å². The van der Waals surface area contributed by atoms with Gasteiger partial charge in [0.05, 0.1) is 18.1 Å². The summed E-state index contributed by atoms with van der Waals surface area (Å²) < 4.78 is 7.04. The van der Waals surface area contributed by atoms with Crippen molar-refractivity contribution in [1.82, 2.24) is 4.57 Å². The molecule has 0 aliphatic carbocycles. The van der Waals surface area contributed by atoms with Crippen LogP contribution in [0.4, 0.5) is 0 Å². The second kappa shape index (κ2) is 5.01. The summed E-state index contributed by atoms with van der Waals surface area (Å²) in [5.74, 6) is 0. The molecule has 1 saturated heterocycles. The number of hydrogen-bond donors (Lipinski definition) is 2. The molecule has 0 unspecified atom stereocenters. The molecule has 1 aromatic heterocycles.